The van der Waals surface area contributed by atoms with Crippen molar-refractivity contribution in [1.29, 1.82) is 0 Å². The Hall–Kier alpha value is -5.86. The average Bonchev–Trinajstić information content (AvgIpc) is 3.60. The number of hydrogen-bond donors (Lipinski definition) is 0. The summed E-state index contributed by atoms with van der Waals surface area (Å²) in [4.78, 5) is 2.44. The molecule has 1 aromatic heterocycles. The van der Waals surface area contributed by atoms with Crippen LogP contribution in [0.2, 0.25) is 0 Å². The molecule has 5 atom stereocenters. The first-order valence-corrected chi connectivity index (χ1v) is 20.2. The van der Waals surface area contributed by atoms with Gasteiger partial charge in [-0.15, -0.1) is 0 Å². The fourth-order valence-electron chi connectivity index (χ4n) is 10.5. The Balaban J connectivity index is 1.13. The molecular formula is C53H47NO. The minimum atomic E-state index is 0.519. The van der Waals surface area contributed by atoms with Gasteiger partial charge in [0.2, 0.25) is 0 Å². The second-order valence-corrected chi connectivity index (χ2v) is 16.4. The van der Waals surface area contributed by atoms with Crippen molar-refractivity contribution >= 4 is 39.0 Å². The van der Waals surface area contributed by atoms with Crippen LogP contribution in [0.25, 0.3) is 55.3 Å². The molecule has 2 aliphatic rings. The van der Waals surface area contributed by atoms with Gasteiger partial charge >= 0.3 is 0 Å². The number of rotatable bonds is 7. The lowest BCUT2D eigenvalue weighted by atomic mass is 9.58. The summed E-state index contributed by atoms with van der Waals surface area (Å²) in [6.45, 7) is 5.01. The van der Waals surface area contributed by atoms with Crippen molar-refractivity contribution in [3.63, 3.8) is 0 Å². The van der Waals surface area contributed by atoms with Crippen LogP contribution in [0.15, 0.2) is 174 Å². The Kier molecular flexibility index (Phi) is 8.63. The Morgan fingerprint density at radius 1 is 0.455 bits per heavy atom. The molecule has 5 unspecified atom stereocenters. The number of hydrogen-bond acceptors (Lipinski definition) is 2. The van der Waals surface area contributed by atoms with Gasteiger partial charge in [-0.05, 0) is 137 Å². The third kappa shape index (κ3) is 6.24. The second kappa shape index (κ2) is 14.1. The minimum absolute atomic E-state index is 0.519. The highest BCUT2D eigenvalue weighted by Gasteiger charge is 2.41. The molecule has 8 aromatic rings. The first-order chi connectivity index (χ1) is 27.1. The zero-order chi connectivity index (χ0) is 36.9. The summed E-state index contributed by atoms with van der Waals surface area (Å²) in [6.07, 6.45) is 5.39. The molecule has 1 heterocycles. The van der Waals surface area contributed by atoms with Crippen molar-refractivity contribution in [1.82, 2.24) is 0 Å². The molecule has 0 radical (unpaired) electrons. The second-order valence-electron chi connectivity index (χ2n) is 16.4. The van der Waals surface area contributed by atoms with Crippen LogP contribution in [0.4, 0.5) is 17.1 Å². The Bertz CT molecular complexity index is 2600. The molecule has 0 aliphatic heterocycles. The number of benzene rings is 7. The molecule has 2 nitrogen and oxygen atoms in total. The lowest BCUT2D eigenvalue weighted by molar-refractivity contribution is 0.0856. The molecule has 0 amide bonds. The zero-order valence-corrected chi connectivity index (χ0v) is 31.7. The number of fused-ring (bicyclic) bond motifs is 5. The molecular weight excluding hydrogens is 667 g/mol. The SMILES string of the molecule is CC1CC2CC(C)C(c3cc(N(c4ccc(-c5ccccc5-c5ccccc5)cc4)c4ccc5c(c4)oc4ccccc45)ccc3-c3ccccc3)C(C1)C2. The van der Waals surface area contributed by atoms with Gasteiger partial charge in [0.05, 0.1) is 0 Å². The van der Waals surface area contributed by atoms with E-state index in [4.69, 9.17) is 4.42 Å². The van der Waals surface area contributed by atoms with Crippen molar-refractivity contribution in [2.75, 3.05) is 4.90 Å². The van der Waals surface area contributed by atoms with Gasteiger partial charge in [-0.25, -0.2) is 0 Å². The Labute approximate surface area is 325 Å². The predicted molar refractivity (Wildman–Crippen MR) is 231 cm³/mol. The van der Waals surface area contributed by atoms with Crippen LogP contribution < -0.4 is 4.90 Å². The molecule has 2 saturated carbocycles. The van der Waals surface area contributed by atoms with E-state index in [2.05, 4.69) is 183 Å². The summed E-state index contributed by atoms with van der Waals surface area (Å²) < 4.78 is 6.49. The summed E-state index contributed by atoms with van der Waals surface area (Å²) >= 11 is 0. The van der Waals surface area contributed by atoms with Crippen LogP contribution in [-0.2, 0) is 0 Å². The van der Waals surface area contributed by atoms with Gasteiger partial charge in [0.25, 0.3) is 0 Å². The fraction of sp³-hybridized carbons (Fsp3) is 0.208. The van der Waals surface area contributed by atoms with Crippen molar-refractivity contribution < 1.29 is 4.42 Å². The van der Waals surface area contributed by atoms with Crippen LogP contribution in [0.5, 0.6) is 0 Å². The van der Waals surface area contributed by atoms with Crippen molar-refractivity contribution in [3.8, 4) is 33.4 Å². The Morgan fingerprint density at radius 3 is 1.78 bits per heavy atom. The topological polar surface area (TPSA) is 16.4 Å². The minimum Gasteiger partial charge on any atom is -0.456 e. The first kappa shape index (κ1) is 33.7. The summed E-state index contributed by atoms with van der Waals surface area (Å²) in [5.41, 5.74) is 14.3. The summed E-state index contributed by atoms with van der Waals surface area (Å²) in [5, 5.41) is 2.29. The highest BCUT2D eigenvalue weighted by molar-refractivity contribution is 6.06. The number of para-hydroxylation sites is 1. The first-order valence-electron chi connectivity index (χ1n) is 20.2. The largest absolute Gasteiger partial charge is 0.456 e. The van der Waals surface area contributed by atoms with Crippen molar-refractivity contribution in [2.45, 2.75) is 45.4 Å². The molecule has 0 saturated heterocycles. The van der Waals surface area contributed by atoms with Gasteiger partial charge < -0.3 is 9.32 Å². The van der Waals surface area contributed by atoms with Crippen LogP contribution in [-0.4, -0.2) is 0 Å². The van der Waals surface area contributed by atoms with E-state index in [1.54, 1.807) is 0 Å². The Morgan fingerprint density at radius 2 is 1.04 bits per heavy atom. The number of furan rings is 1. The zero-order valence-electron chi connectivity index (χ0n) is 31.7. The number of nitrogens with zero attached hydrogens (tertiary/aromatic N) is 1. The van der Waals surface area contributed by atoms with E-state index in [0.717, 1.165) is 45.1 Å². The van der Waals surface area contributed by atoms with Crippen LogP contribution in [0.1, 0.15) is 51.0 Å². The van der Waals surface area contributed by atoms with Crippen LogP contribution in [0, 0.1) is 23.7 Å². The van der Waals surface area contributed by atoms with E-state index in [1.807, 2.05) is 6.07 Å². The van der Waals surface area contributed by atoms with E-state index < -0.39 is 0 Å². The van der Waals surface area contributed by atoms with Gasteiger partial charge in [0.15, 0.2) is 0 Å². The van der Waals surface area contributed by atoms with Gasteiger partial charge in [0, 0.05) is 33.9 Å². The van der Waals surface area contributed by atoms with Gasteiger partial charge in [-0.3, -0.25) is 0 Å². The van der Waals surface area contributed by atoms with E-state index >= 15 is 0 Å². The summed E-state index contributed by atoms with van der Waals surface area (Å²) in [7, 11) is 0. The smallest absolute Gasteiger partial charge is 0.137 e. The number of anilines is 3. The molecule has 2 heteroatoms. The molecule has 2 bridgehead atoms. The molecule has 55 heavy (non-hydrogen) atoms. The van der Waals surface area contributed by atoms with E-state index in [9.17, 15) is 0 Å². The molecule has 10 rings (SSSR count). The van der Waals surface area contributed by atoms with Crippen LogP contribution in [0.3, 0.4) is 0 Å². The average molecular weight is 714 g/mol. The molecule has 2 fully saturated rings. The molecule has 2 aliphatic carbocycles. The maximum Gasteiger partial charge on any atom is 0.137 e. The third-order valence-corrected chi connectivity index (χ3v) is 12.7. The molecule has 0 spiro atoms. The lowest BCUT2D eigenvalue weighted by Crippen LogP contribution is -2.35. The summed E-state index contributed by atoms with van der Waals surface area (Å²) in [6, 6.07) is 62.1. The summed E-state index contributed by atoms with van der Waals surface area (Å²) in [5.74, 6) is 3.52. The third-order valence-electron chi connectivity index (χ3n) is 12.7. The van der Waals surface area contributed by atoms with Crippen LogP contribution >= 0.6 is 0 Å². The quantitative estimate of drug-likeness (QED) is 0.163. The maximum absolute atomic E-state index is 6.49. The van der Waals surface area contributed by atoms with Crippen molar-refractivity contribution in [2.24, 2.45) is 23.7 Å². The lowest BCUT2D eigenvalue weighted by Gasteiger charge is -2.47. The standard InChI is InChI=1S/C53H47NO/c1-35-29-37-31-36(2)53(41(30-35)32-37)50-33-43(25-27-47(50)39-15-7-4-8-16-39)54(44-26-28-49-48-19-11-12-20-51(48)55-52(49)34-44)42-23-21-40(22-24-42)46-18-10-9-17-45(46)38-13-5-3-6-14-38/h3-28,33-37,41,53H,29-32H2,1-2H3. The fourth-order valence-corrected chi connectivity index (χ4v) is 10.5. The predicted octanol–water partition coefficient (Wildman–Crippen LogP) is 15.2. The molecule has 0 N–H and O–H groups in total. The van der Waals surface area contributed by atoms with Gasteiger partial charge in [-0.2, -0.15) is 0 Å². The van der Waals surface area contributed by atoms with Gasteiger partial charge in [-0.1, -0.05) is 135 Å². The van der Waals surface area contributed by atoms with E-state index in [0.29, 0.717) is 17.8 Å². The highest BCUT2D eigenvalue weighted by atomic mass is 16.3. The maximum atomic E-state index is 6.49. The molecule has 270 valence electrons. The van der Waals surface area contributed by atoms with E-state index in [-0.39, 0.29) is 0 Å². The monoisotopic (exact) mass is 713 g/mol. The molecule has 7 aromatic carbocycles. The highest BCUT2D eigenvalue weighted by Crippen LogP contribution is 2.54. The van der Waals surface area contributed by atoms with E-state index in [1.165, 1.54) is 70.3 Å². The normalized spacial score (nSPS) is 20.8. The van der Waals surface area contributed by atoms with Crippen molar-refractivity contribution in [3.05, 3.63) is 175 Å². The van der Waals surface area contributed by atoms with Gasteiger partial charge in [0.1, 0.15) is 11.2 Å².